The second-order valence-corrected chi connectivity index (χ2v) is 8.70. The third kappa shape index (κ3) is 4.19. The van der Waals surface area contributed by atoms with Crippen LogP contribution in [0, 0.1) is 12.7 Å². The molecule has 4 rings (SSSR count). The first kappa shape index (κ1) is 22.5. The number of rotatable bonds is 5. The van der Waals surface area contributed by atoms with E-state index in [1.54, 1.807) is 18.4 Å². The lowest BCUT2D eigenvalue weighted by molar-refractivity contribution is 0.102. The van der Waals surface area contributed by atoms with E-state index in [-0.39, 0.29) is 15.7 Å². The summed E-state index contributed by atoms with van der Waals surface area (Å²) in [7, 11) is 1.48. The second-order valence-electron chi connectivity index (χ2n) is 6.66. The van der Waals surface area contributed by atoms with E-state index in [1.165, 1.54) is 43.0 Å². The molecule has 11 heteroatoms. The molecule has 1 amide bonds. The summed E-state index contributed by atoms with van der Waals surface area (Å²) >= 11 is 19.8. The Morgan fingerprint density at radius 1 is 1.16 bits per heavy atom. The van der Waals surface area contributed by atoms with E-state index in [0.29, 0.717) is 43.6 Å². The molecule has 0 atom stereocenters. The molecule has 0 spiro atoms. The van der Waals surface area contributed by atoms with Crippen molar-refractivity contribution in [2.45, 2.75) is 6.92 Å². The molecule has 4 aromatic rings. The summed E-state index contributed by atoms with van der Waals surface area (Å²) < 4.78 is 19.3. The maximum Gasteiger partial charge on any atom is 0.258 e. The Balaban J connectivity index is 1.68. The van der Waals surface area contributed by atoms with Gasteiger partial charge in [-0.2, -0.15) is 0 Å². The third-order valence-electron chi connectivity index (χ3n) is 4.59. The first-order valence-corrected chi connectivity index (χ1v) is 11.1. The van der Waals surface area contributed by atoms with Gasteiger partial charge in [-0.25, -0.2) is 14.4 Å². The summed E-state index contributed by atoms with van der Waals surface area (Å²) in [6, 6.07) is 5.92. The Morgan fingerprint density at radius 3 is 2.66 bits per heavy atom. The number of halogens is 4. The number of nitrogens with one attached hydrogen (secondary N) is 2. The highest BCUT2D eigenvalue weighted by Gasteiger charge is 2.21. The predicted octanol–water partition coefficient (Wildman–Crippen LogP) is 7.10. The first-order valence-electron chi connectivity index (χ1n) is 9.08. The van der Waals surface area contributed by atoms with E-state index in [9.17, 15) is 9.18 Å². The third-order valence-corrected chi connectivity index (χ3v) is 6.72. The summed E-state index contributed by atoms with van der Waals surface area (Å²) in [5.41, 5.74) is 2.25. The Kier molecular flexibility index (Phi) is 6.39. The molecule has 2 aromatic heterocycles. The van der Waals surface area contributed by atoms with Crippen molar-refractivity contribution in [2.75, 3.05) is 17.7 Å². The standard InChI is InChI=1S/C21H14Cl3FN4O2S/c1-9-5-14(31-2)16(24)18(15(9)23)29-21(30)11-7-32-19-17(11)26-8-27-20(19)28-10-3-4-13(25)12(22)6-10/h3-8H,1-2H3,(H,29,30)(H,26,27,28). The van der Waals surface area contributed by atoms with Crippen molar-refractivity contribution in [3.05, 3.63) is 68.0 Å². The van der Waals surface area contributed by atoms with Crippen molar-refractivity contribution in [1.29, 1.82) is 0 Å². The number of hydrogen-bond donors (Lipinski definition) is 2. The van der Waals surface area contributed by atoms with E-state index in [0.717, 1.165) is 0 Å². The molecule has 0 aliphatic rings. The van der Waals surface area contributed by atoms with Gasteiger partial charge in [-0.05, 0) is 36.8 Å². The average molecular weight is 512 g/mol. The van der Waals surface area contributed by atoms with Crippen LogP contribution < -0.4 is 15.4 Å². The number of thiophene rings is 1. The van der Waals surface area contributed by atoms with E-state index in [4.69, 9.17) is 39.5 Å². The zero-order valence-corrected chi connectivity index (χ0v) is 19.7. The van der Waals surface area contributed by atoms with Crippen molar-refractivity contribution >= 4 is 79.5 Å². The van der Waals surface area contributed by atoms with Gasteiger partial charge in [0.1, 0.15) is 22.9 Å². The smallest absolute Gasteiger partial charge is 0.258 e. The normalized spacial score (nSPS) is 10.9. The maximum atomic E-state index is 13.4. The topological polar surface area (TPSA) is 76.1 Å². The fraction of sp³-hybridized carbons (Fsp3) is 0.0952. The van der Waals surface area contributed by atoms with Crippen molar-refractivity contribution in [1.82, 2.24) is 9.97 Å². The van der Waals surface area contributed by atoms with Crippen molar-refractivity contribution in [2.24, 2.45) is 0 Å². The molecule has 2 aromatic carbocycles. The molecule has 0 aliphatic carbocycles. The number of anilines is 3. The number of ether oxygens (including phenoxy) is 1. The zero-order chi connectivity index (χ0) is 23.0. The number of carbonyl (C=O) groups is 1. The van der Waals surface area contributed by atoms with Gasteiger partial charge >= 0.3 is 0 Å². The average Bonchev–Trinajstić information content (AvgIpc) is 3.21. The van der Waals surface area contributed by atoms with E-state index < -0.39 is 11.7 Å². The highest BCUT2D eigenvalue weighted by atomic mass is 35.5. The molecular weight excluding hydrogens is 498 g/mol. The van der Waals surface area contributed by atoms with E-state index in [2.05, 4.69) is 20.6 Å². The summed E-state index contributed by atoms with van der Waals surface area (Å²) in [5.74, 6) is -0.117. The number of carbonyl (C=O) groups excluding carboxylic acids is 1. The molecule has 0 bridgehead atoms. The number of aromatic nitrogens is 2. The van der Waals surface area contributed by atoms with Gasteiger partial charge in [0.2, 0.25) is 0 Å². The van der Waals surface area contributed by atoms with Crippen LogP contribution in [0.15, 0.2) is 36.0 Å². The Bertz CT molecular complexity index is 1360. The quantitative estimate of drug-likeness (QED) is 0.299. The zero-order valence-electron chi connectivity index (χ0n) is 16.6. The largest absolute Gasteiger partial charge is 0.495 e. The number of methoxy groups -OCH3 is 1. The minimum atomic E-state index is -0.523. The number of benzene rings is 2. The molecule has 0 saturated heterocycles. The van der Waals surface area contributed by atoms with Gasteiger partial charge in [0.15, 0.2) is 5.82 Å². The molecule has 0 saturated carbocycles. The number of hydrogen-bond acceptors (Lipinski definition) is 6. The minimum Gasteiger partial charge on any atom is -0.495 e. The number of nitrogens with zero attached hydrogens (tertiary/aromatic N) is 2. The second kappa shape index (κ2) is 9.07. The Morgan fingerprint density at radius 2 is 1.94 bits per heavy atom. The van der Waals surface area contributed by atoms with Gasteiger partial charge in [-0.1, -0.05) is 34.8 Å². The van der Waals surface area contributed by atoms with Crippen LogP contribution in [0.1, 0.15) is 15.9 Å². The van der Waals surface area contributed by atoms with Crippen LogP contribution in [0.2, 0.25) is 15.1 Å². The molecule has 0 unspecified atom stereocenters. The molecular formula is C21H14Cl3FN4O2S. The molecule has 32 heavy (non-hydrogen) atoms. The fourth-order valence-corrected chi connectivity index (χ4v) is 4.63. The lowest BCUT2D eigenvalue weighted by Crippen LogP contribution is -2.13. The highest BCUT2D eigenvalue weighted by molar-refractivity contribution is 7.18. The molecule has 0 fully saturated rings. The number of amides is 1. The summed E-state index contributed by atoms with van der Waals surface area (Å²) in [4.78, 5) is 21.5. The van der Waals surface area contributed by atoms with Crippen LogP contribution in [0.3, 0.4) is 0 Å². The van der Waals surface area contributed by atoms with Gasteiger partial charge in [-0.15, -0.1) is 11.3 Å². The molecule has 0 radical (unpaired) electrons. The van der Waals surface area contributed by atoms with E-state index >= 15 is 0 Å². The maximum absolute atomic E-state index is 13.4. The number of fused-ring (bicyclic) bond motifs is 1. The minimum absolute atomic E-state index is 0.0195. The Labute approximate surface area is 201 Å². The highest BCUT2D eigenvalue weighted by Crippen LogP contribution is 2.41. The lowest BCUT2D eigenvalue weighted by Gasteiger charge is -2.14. The van der Waals surface area contributed by atoms with E-state index in [1.807, 2.05) is 0 Å². The number of aryl methyl sites for hydroxylation is 1. The van der Waals surface area contributed by atoms with Crippen LogP contribution in [0.25, 0.3) is 10.2 Å². The Hall–Kier alpha value is -2.65. The van der Waals surface area contributed by atoms with Crippen molar-refractivity contribution in [3.63, 3.8) is 0 Å². The van der Waals surface area contributed by atoms with Crippen molar-refractivity contribution in [3.8, 4) is 5.75 Å². The van der Waals surface area contributed by atoms with Gasteiger partial charge in [0.05, 0.1) is 38.6 Å². The summed E-state index contributed by atoms with van der Waals surface area (Å²) in [6.45, 7) is 1.78. The summed E-state index contributed by atoms with van der Waals surface area (Å²) in [6.07, 6.45) is 1.33. The molecule has 2 N–H and O–H groups in total. The monoisotopic (exact) mass is 510 g/mol. The van der Waals surface area contributed by atoms with Gasteiger partial charge in [-0.3, -0.25) is 4.79 Å². The molecule has 2 heterocycles. The summed E-state index contributed by atoms with van der Waals surface area (Å²) in [5, 5.41) is 7.98. The fourth-order valence-electron chi connectivity index (χ4n) is 2.99. The first-order chi connectivity index (χ1) is 15.3. The molecule has 0 aliphatic heterocycles. The lowest BCUT2D eigenvalue weighted by atomic mass is 10.2. The van der Waals surface area contributed by atoms with Gasteiger partial charge in [0, 0.05) is 11.1 Å². The molecule has 164 valence electrons. The van der Waals surface area contributed by atoms with Crippen LogP contribution in [0.5, 0.6) is 5.75 Å². The van der Waals surface area contributed by atoms with Crippen LogP contribution in [-0.4, -0.2) is 23.0 Å². The van der Waals surface area contributed by atoms with Gasteiger partial charge < -0.3 is 15.4 Å². The molecule has 6 nitrogen and oxygen atoms in total. The van der Waals surface area contributed by atoms with Crippen molar-refractivity contribution < 1.29 is 13.9 Å². The van der Waals surface area contributed by atoms with Crippen LogP contribution in [-0.2, 0) is 0 Å². The van der Waals surface area contributed by atoms with Crippen LogP contribution in [0.4, 0.5) is 21.6 Å². The van der Waals surface area contributed by atoms with Crippen LogP contribution >= 0.6 is 46.1 Å². The SMILES string of the molecule is COc1cc(C)c(Cl)c(NC(=O)c2csc3c(Nc4ccc(F)c(Cl)c4)ncnc23)c1Cl. The predicted molar refractivity (Wildman–Crippen MR) is 128 cm³/mol. The van der Waals surface area contributed by atoms with Gasteiger partial charge in [0.25, 0.3) is 5.91 Å².